The maximum absolute atomic E-state index is 13.5. The molecule has 6 aliphatic rings. The van der Waals surface area contributed by atoms with Crippen molar-refractivity contribution < 1.29 is 78.1 Å². The minimum Gasteiger partial charge on any atom is -0.495 e. The second kappa shape index (κ2) is 40.3. The molecule has 4 amide bonds. The molecule has 1 saturated heterocycles. The van der Waals surface area contributed by atoms with Gasteiger partial charge in [0.15, 0.2) is 0 Å². The zero-order valence-electron chi connectivity index (χ0n) is 76.8. The maximum Gasteiger partial charge on any atom is 0.313 e. The Labute approximate surface area is 813 Å². The standard InChI is InChI=1S/C28H31ClN2O4.C27H28Cl2N2O3.C25H26Cl2N2O5.C25H27ClN2O4/c1-31-22-12-9-19(16-32)25(29)21(22)15-23(31)26(33)30-28(13-4-14-28)20-10-7-18(8-11-20)24(27(34)35)17-5-2-3-6-17;1-31-21-12-11-20(28)24(29)19(21)15-22(31)25(32)30-27(13-4-14-27)18-9-7-17(8-10-18)23(26(33)34)16-5-2-3-6-16;1-4-16(24(31)32)14-5-7-15(8-6-14)25(9-10-34-13-25)28-23(30)19-11-17-18(29(19)2)12-20(33-3)22(27)21(17)26;1-24(2,23(30)31)15-6-8-16(9-7-15)25(12-5-13-25)27-22(29)19-14-17-18(28(19)3)10-11-20(32-4)21(17)26/h7-12,15,17,24,32H,2-6,13-14,16H2,1H3,(H,30,33)(H,34,35);7-12,15-16,23H,2-6,13-14H2,1H3,(H,30,32)(H,33,34);5-8,11-12,16H,4,9-10,13H2,1-3H3,(H,28,30)(H,31,32);6-11,14H,5,12-13H2,1-4H3,(H,27,29)(H,30,31). The number of aliphatic hydroxyl groups is 1. The van der Waals surface area contributed by atoms with Gasteiger partial charge in [-0.1, -0.05) is 205 Å². The number of aryl methyl sites for hydroxylation is 4. The molecule has 135 heavy (non-hydrogen) atoms. The maximum atomic E-state index is 13.5. The van der Waals surface area contributed by atoms with Crippen LogP contribution in [0.2, 0.25) is 30.1 Å². The van der Waals surface area contributed by atoms with E-state index >= 15 is 0 Å². The summed E-state index contributed by atoms with van der Waals surface area (Å²) in [7, 11) is 10.4. The predicted molar refractivity (Wildman–Crippen MR) is 526 cm³/mol. The van der Waals surface area contributed by atoms with Gasteiger partial charge in [0.05, 0.1) is 109 Å². The summed E-state index contributed by atoms with van der Waals surface area (Å²) in [5, 5.41) is 66.5. The molecule has 710 valence electrons. The monoisotopic (exact) mass is 1950 g/mol. The van der Waals surface area contributed by atoms with E-state index in [0.717, 1.165) is 192 Å². The average molecular weight is 1950 g/mol. The molecule has 8 aromatic carbocycles. The first-order valence-electron chi connectivity index (χ1n) is 45.8. The van der Waals surface area contributed by atoms with Crippen LogP contribution in [0.1, 0.15) is 253 Å². The van der Waals surface area contributed by atoms with Crippen LogP contribution in [0.25, 0.3) is 43.6 Å². The molecule has 4 atom stereocenters. The lowest BCUT2D eigenvalue weighted by Gasteiger charge is -2.43. The number of carboxylic acid groups (broad SMARTS) is 4. The number of nitrogens with zero attached hydrogens (tertiary/aromatic N) is 4. The van der Waals surface area contributed by atoms with Crippen molar-refractivity contribution >= 4 is 161 Å². The number of hydrogen-bond acceptors (Lipinski definition) is 12. The third-order valence-electron chi connectivity index (χ3n) is 29.5. The van der Waals surface area contributed by atoms with Crippen molar-refractivity contribution in [3.63, 3.8) is 0 Å². The number of nitrogens with one attached hydrogen (secondary N) is 4. The van der Waals surface area contributed by atoms with E-state index in [0.29, 0.717) is 101 Å². The Morgan fingerprint density at radius 3 is 1.14 bits per heavy atom. The Bertz CT molecular complexity index is 6550. The normalized spacial score (nSPS) is 17.8. The number of carbonyl (C=O) groups excluding carboxylic acids is 4. The molecule has 6 fully saturated rings. The number of aliphatic hydroxyl groups excluding tert-OH is 1. The third kappa shape index (κ3) is 19.1. The number of benzene rings is 8. The first kappa shape index (κ1) is 98.5. The van der Waals surface area contributed by atoms with Gasteiger partial charge >= 0.3 is 23.9 Å². The van der Waals surface area contributed by atoms with E-state index in [1.165, 1.54) is 7.11 Å². The minimum absolute atomic E-state index is 0.159. The number of aromatic nitrogens is 4. The van der Waals surface area contributed by atoms with E-state index in [1.54, 1.807) is 81.1 Å². The highest BCUT2D eigenvalue weighted by atomic mass is 35.5. The Balaban J connectivity index is 0.000000137. The Morgan fingerprint density at radius 1 is 0.415 bits per heavy atom. The molecule has 0 bridgehead atoms. The fraction of sp³-hybridized carbons (Fsp3) is 0.390. The zero-order chi connectivity index (χ0) is 96.7. The van der Waals surface area contributed by atoms with E-state index in [-0.39, 0.29) is 42.1 Å². The van der Waals surface area contributed by atoms with Crippen molar-refractivity contribution in [2.45, 2.75) is 195 Å². The van der Waals surface area contributed by atoms with Gasteiger partial charge in [-0.3, -0.25) is 38.4 Å². The number of rotatable bonds is 26. The molecule has 1 aliphatic heterocycles. The Hall–Kier alpha value is -11.1. The van der Waals surface area contributed by atoms with Gasteiger partial charge in [0.1, 0.15) is 39.3 Å². The molecule has 12 aromatic rings. The van der Waals surface area contributed by atoms with E-state index < -0.39 is 69.2 Å². The molecule has 5 aliphatic carbocycles. The first-order valence-corrected chi connectivity index (χ1v) is 48.1. The number of halogens is 6. The number of hydrogen-bond donors (Lipinski definition) is 9. The lowest BCUT2D eigenvalue weighted by Crippen LogP contribution is -2.51. The number of amides is 4. The molecule has 30 heteroatoms. The molecule has 9 N–H and O–H groups in total. The number of methoxy groups -OCH3 is 2. The lowest BCUT2D eigenvalue weighted by atomic mass is 9.71. The topological polar surface area (TPSA) is 333 Å². The first-order chi connectivity index (χ1) is 64.5. The van der Waals surface area contributed by atoms with Crippen LogP contribution < -0.4 is 30.7 Å². The summed E-state index contributed by atoms with van der Waals surface area (Å²) in [6.07, 6.45) is 17.5. The van der Waals surface area contributed by atoms with Crippen molar-refractivity contribution in [2.24, 2.45) is 40.0 Å². The fourth-order valence-corrected chi connectivity index (χ4v) is 22.1. The molecular weight excluding hydrogens is 1840 g/mol. The van der Waals surface area contributed by atoms with Gasteiger partial charge in [-0.2, -0.15) is 0 Å². The van der Waals surface area contributed by atoms with Gasteiger partial charge < -0.3 is 79.3 Å². The quantitative estimate of drug-likeness (QED) is 0.0243. The molecule has 5 heterocycles. The van der Waals surface area contributed by atoms with Gasteiger partial charge in [-0.25, -0.2) is 0 Å². The van der Waals surface area contributed by atoms with Gasteiger partial charge in [-0.15, -0.1) is 0 Å². The van der Waals surface area contributed by atoms with Crippen LogP contribution in [0.5, 0.6) is 11.5 Å². The van der Waals surface area contributed by atoms with Crippen molar-refractivity contribution in [1.82, 2.24) is 39.5 Å². The van der Waals surface area contributed by atoms with Gasteiger partial charge in [0, 0.05) is 79.9 Å². The lowest BCUT2D eigenvalue weighted by molar-refractivity contribution is -0.143. The second-order valence-electron chi connectivity index (χ2n) is 37.3. The summed E-state index contributed by atoms with van der Waals surface area (Å²) in [5.74, 6) is -4.13. The number of carboxylic acids is 4. The van der Waals surface area contributed by atoms with Crippen LogP contribution in [-0.2, 0) is 86.3 Å². The molecule has 4 aromatic heterocycles. The molecule has 4 unspecified atom stereocenters. The minimum atomic E-state index is -0.974. The summed E-state index contributed by atoms with van der Waals surface area (Å²) < 4.78 is 23.5. The fourth-order valence-electron chi connectivity index (χ4n) is 20.7. The van der Waals surface area contributed by atoms with Crippen LogP contribution in [0.4, 0.5) is 0 Å². The van der Waals surface area contributed by atoms with Crippen LogP contribution in [-0.4, -0.2) is 119 Å². The highest BCUT2D eigenvalue weighted by Gasteiger charge is 2.46. The Kier molecular flexibility index (Phi) is 29.4. The van der Waals surface area contributed by atoms with E-state index in [9.17, 15) is 63.9 Å². The number of fused-ring (bicyclic) bond motifs is 4. The molecule has 18 rings (SSSR count). The van der Waals surface area contributed by atoms with Crippen LogP contribution >= 0.6 is 69.6 Å². The highest BCUT2D eigenvalue weighted by molar-refractivity contribution is 6.47. The molecule has 0 spiro atoms. The van der Waals surface area contributed by atoms with Crippen LogP contribution in [0.3, 0.4) is 0 Å². The second-order valence-corrected chi connectivity index (χ2v) is 39.6. The summed E-state index contributed by atoms with van der Waals surface area (Å²) in [6.45, 7) is 5.88. The molecule has 5 saturated carbocycles. The van der Waals surface area contributed by atoms with E-state index in [2.05, 4.69) is 21.3 Å². The average Bonchev–Trinajstić information content (AvgIpc) is 1.44. The van der Waals surface area contributed by atoms with Gasteiger partial charge in [0.25, 0.3) is 23.6 Å². The van der Waals surface area contributed by atoms with Crippen molar-refractivity contribution in [3.8, 4) is 11.5 Å². The molecular formula is C105H112Cl6N8O16. The number of ether oxygens (including phenoxy) is 3. The van der Waals surface area contributed by atoms with Crippen LogP contribution in [0.15, 0.2) is 164 Å². The van der Waals surface area contributed by atoms with E-state index in [4.69, 9.17) is 83.8 Å². The predicted octanol–water partition coefficient (Wildman–Crippen LogP) is 22.3. The summed E-state index contributed by atoms with van der Waals surface area (Å²) in [6, 6.07) is 50.4. The number of carbonyl (C=O) groups is 8. The van der Waals surface area contributed by atoms with Gasteiger partial charge in [0.2, 0.25) is 0 Å². The van der Waals surface area contributed by atoms with Crippen molar-refractivity contribution in [3.05, 3.63) is 267 Å². The van der Waals surface area contributed by atoms with Gasteiger partial charge in [-0.05, 0) is 220 Å². The third-order valence-corrected chi connectivity index (χ3v) is 32.0. The van der Waals surface area contributed by atoms with Crippen molar-refractivity contribution in [1.29, 1.82) is 0 Å². The highest BCUT2D eigenvalue weighted by Crippen LogP contribution is 2.49. The number of aliphatic carboxylic acids is 4. The Morgan fingerprint density at radius 2 is 0.778 bits per heavy atom. The summed E-state index contributed by atoms with van der Waals surface area (Å²) in [4.78, 5) is 101. The summed E-state index contributed by atoms with van der Waals surface area (Å²) in [5.41, 5.74) is 9.81. The smallest absolute Gasteiger partial charge is 0.313 e. The van der Waals surface area contributed by atoms with Crippen molar-refractivity contribution in [2.75, 3.05) is 27.4 Å². The van der Waals surface area contributed by atoms with E-state index in [1.807, 2.05) is 157 Å². The SMILES string of the molecule is CCC(C(=O)O)c1ccc(C2(NC(=O)c3cc4c(Cl)c(Cl)c(OC)cc4n3C)CCOC2)cc1.COc1ccc2c(cc(C(=O)NC3(c4ccc(C(C)(C)C(=O)O)cc4)CCC3)n2C)c1Cl.Cn1c(C(=O)NC2(c3ccc(C(C(=O)O)C4CCCC4)cc3)CCC2)cc2c(Cl)c(CO)ccc21.Cn1c(C(=O)NC2(c3ccc(C(C(=O)O)C4CCCC4)cc3)CCC2)cc2c(Cl)c(Cl)ccc21. The largest absolute Gasteiger partial charge is 0.495 e. The van der Waals surface area contributed by atoms with Crippen LogP contribution in [0, 0.1) is 11.8 Å². The molecule has 0 radical (unpaired) electrons. The zero-order valence-corrected chi connectivity index (χ0v) is 81.4. The summed E-state index contributed by atoms with van der Waals surface area (Å²) >= 11 is 38.2. The molecule has 24 nitrogen and oxygen atoms in total.